The Kier molecular flexibility index (Phi) is 6.87. The molecule has 0 saturated carbocycles. The SMILES string of the molecule is C[C@@H]1CN(Cc2ccccc2)CC[C@@H]1NC(=O)COc1ccc(N2CCCC2=O)cc1. The quantitative estimate of drug-likeness (QED) is 0.746. The summed E-state index contributed by atoms with van der Waals surface area (Å²) < 4.78 is 5.66. The second-order valence-corrected chi connectivity index (χ2v) is 8.59. The molecular weight excluding hydrogens is 390 g/mol. The molecule has 1 N–H and O–H groups in total. The molecule has 2 aromatic carbocycles. The maximum atomic E-state index is 12.4. The van der Waals surface area contributed by atoms with Crippen LogP contribution in [0.2, 0.25) is 0 Å². The lowest BCUT2D eigenvalue weighted by Crippen LogP contribution is -2.50. The number of hydrogen-bond donors (Lipinski definition) is 1. The molecule has 6 heteroatoms. The van der Waals surface area contributed by atoms with Gasteiger partial charge < -0.3 is 15.0 Å². The average molecular weight is 422 g/mol. The van der Waals surface area contributed by atoms with Crippen molar-refractivity contribution >= 4 is 17.5 Å². The number of hydrogen-bond acceptors (Lipinski definition) is 4. The number of likely N-dealkylation sites (tertiary alicyclic amines) is 1. The Labute approximate surface area is 184 Å². The lowest BCUT2D eigenvalue weighted by molar-refractivity contribution is -0.124. The van der Waals surface area contributed by atoms with Crippen LogP contribution in [0.1, 0.15) is 31.7 Å². The minimum Gasteiger partial charge on any atom is -0.484 e. The zero-order valence-electron chi connectivity index (χ0n) is 18.1. The zero-order valence-corrected chi connectivity index (χ0v) is 18.1. The highest BCUT2D eigenvalue weighted by atomic mass is 16.5. The summed E-state index contributed by atoms with van der Waals surface area (Å²) in [6.07, 6.45) is 2.46. The number of carbonyl (C=O) groups is 2. The standard InChI is InChI=1S/C25H31N3O3/c1-19-16-27(17-20-6-3-2-4-7-20)15-13-23(19)26-24(29)18-31-22-11-9-21(10-12-22)28-14-5-8-25(28)30/h2-4,6-7,9-12,19,23H,5,8,13-18H2,1H3,(H,26,29)/t19-,23+/m1/s1. The fourth-order valence-electron chi connectivity index (χ4n) is 4.47. The normalized spacial score (nSPS) is 21.8. The summed E-state index contributed by atoms with van der Waals surface area (Å²) in [7, 11) is 0. The second-order valence-electron chi connectivity index (χ2n) is 8.59. The Morgan fingerprint density at radius 2 is 1.87 bits per heavy atom. The van der Waals surface area contributed by atoms with E-state index in [1.54, 1.807) is 4.90 Å². The Morgan fingerprint density at radius 1 is 1.10 bits per heavy atom. The minimum atomic E-state index is -0.0906. The number of nitrogens with one attached hydrogen (secondary N) is 1. The number of amides is 2. The van der Waals surface area contributed by atoms with Gasteiger partial charge in [0.15, 0.2) is 6.61 Å². The van der Waals surface area contributed by atoms with Crippen LogP contribution in [0, 0.1) is 5.92 Å². The summed E-state index contributed by atoms with van der Waals surface area (Å²) >= 11 is 0. The maximum Gasteiger partial charge on any atom is 0.258 e. The zero-order chi connectivity index (χ0) is 21.6. The first kappa shape index (κ1) is 21.4. The number of ether oxygens (including phenoxy) is 1. The molecule has 2 atom stereocenters. The Bertz CT molecular complexity index is 885. The molecule has 31 heavy (non-hydrogen) atoms. The molecule has 2 aromatic rings. The predicted molar refractivity (Wildman–Crippen MR) is 121 cm³/mol. The van der Waals surface area contributed by atoms with Crippen molar-refractivity contribution in [2.75, 3.05) is 31.1 Å². The summed E-state index contributed by atoms with van der Waals surface area (Å²) in [4.78, 5) is 28.5. The molecule has 164 valence electrons. The molecule has 0 radical (unpaired) electrons. The monoisotopic (exact) mass is 421 g/mol. The van der Waals surface area contributed by atoms with E-state index >= 15 is 0 Å². The highest BCUT2D eigenvalue weighted by Crippen LogP contribution is 2.24. The van der Waals surface area contributed by atoms with Crippen molar-refractivity contribution in [1.82, 2.24) is 10.2 Å². The lowest BCUT2D eigenvalue weighted by atomic mass is 9.93. The van der Waals surface area contributed by atoms with Gasteiger partial charge in [-0.15, -0.1) is 0 Å². The van der Waals surface area contributed by atoms with Gasteiger partial charge in [-0.3, -0.25) is 14.5 Å². The van der Waals surface area contributed by atoms with E-state index in [4.69, 9.17) is 4.74 Å². The van der Waals surface area contributed by atoms with Crippen LogP contribution in [-0.2, 0) is 16.1 Å². The third-order valence-corrected chi connectivity index (χ3v) is 6.18. The van der Waals surface area contributed by atoms with E-state index in [-0.39, 0.29) is 24.5 Å². The van der Waals surface area contributed by atoms with Gasteiger partial charge in [0.2, 0.25) is 5.91 Å². The summed E-state index contributed by atoms with van der Waals surface area (Å²) in [5.74, 6) is 1.10. The number of rotatable bonds is 7. The van der Waals surface area contributed by atoms with Gasteiger partial charge >= 0.3 is 0 Å². The third-order valence-electron chi connectivity index (χ3n) is 6.18. The summed E-state index contributed by atoms with van der Waals surface area (Å²) in [6.45, 7) is 5.86. The molecule has 6 nitrogen and oxygen atoms in total. The van der Waals surface area contributed by atoms with Gasteiger partial charge in [-0.25, -0.2) is 0 Å². The topological polar surface area (TPSA) is 61.9 Å². The first-order chi connectivity index (χ1) is 15.1. The van der Waals surface area contributed by atoms with Crippen molar-refractivity contribution in [1.29, 1.82) is 0 Å². The van der Waals surface area contributed by atoms with Crippen molar-refractivity contribution < 1.29 is 14.3 Å². The number of carbonyl (C=O) groups excluding carboxylic acids is 2. The van der Waals surface area contributed by atoms with Crippen LogP contribution in [0.15, 0.2) is 54.6 Å². The Balaban J connectivity index is 1.21. The van der Waals surface area contributed by atoms with Crippen LogP contribution in [0.25, 0.3) is 0 Å². The van der Waals surface area contributed by atoms with Gasteiger partial charge in [0.1, 0.15) is 5.75 Å². The van der Waals surface area contributed by atoms with Crippen molar-refractivity contribution in [3.8, 4) is 5.75 Å². The van der Waals surface area contributed by atoms with Gasteiger partial charge in [0, 0.05) is 44.3 Å². The predicted octanol–water partition coefficient (Wildman–Crippen LogP) is 3.22. The molecule has 2 heterocycles. The fourth-order valence-corrected chi connectivity index (χ4v) is 4.47. The highest BCUT2D eigenvalue weighted by molar-refractivity contribution is 5.95. The van der Waals surface area contributed by atoms with E-state index in [1.807, 2.05) is 30.3 Å². The van der Waals surface area contributed by atoms with Crippen LogP contribution < -0.4 is 15.0 Å². The first-order valence-corrected chi connectivity index (χ1v) is 11.2. The molecule has 0 unspecified atom stereocenters. The van der Waals surface area contributed by atoms with E-state index in [1.165, 1.54) is 5.56 Å². The first-order valence-electron chi connectivity index (χ1n) is 11.2. The molecular formula is C25H31N3O3. The molecule has 0 aromatic heterocycles. The van der Waals surface area contributed by atoms with E-state index < -0.39 is 0 Å². The summed E-state index contributed by atoms with van der Waals surface area (Å²) in [6, 6.07) is 18.1. The van der Waals surface area contributed by atoms with Crippen molar-refractivity contribution in [3.05, 3.63) is 60.2 Å². The molecule has 4 rings (SSSR count). The number of anilines is 1. The third kappa shape index (κ3) is 5.64. The van der Waals surface area contributed by atoms with Gasteiger partial charge in [-0.2, -0.15) is 0 Å². The number of benzene rings is 2. The molecule has 2 amide bonds. The maximum absolute atomic E-state index is 12.4. The van der Waals surface area contributed by atoms with Gasteiger partial charge in [-0.1, -0.05) is 37.3 Å². The smallest absolute Gasteiger partial charge is 0.258 e. The second kappa shape index (κ2) is 9.96. The van der Waals surface area contributed by atoms with Crippen LogP contribution in [0.3, 0.4) is 0 Å². The molecule has 0 aliphatic carbocycles. The number of nitrogens with zero attached hydrogens (tertiary/aromatic N) is 2. The van der Waals surface area contributed by atoms with Gasteiger partial charge in [0.05, 0.1) is 0 Å². The van der Waals surface area contributed by atoms with E-state index in [2.05, 4.69) is 41.4 Å². The molecule has 2 saturated heterocycles. The van der Waals surface area contributed by atoms with Crippen LogP contribution in [0.5, 0.6) is 5.75 Å². The largest absolute Gasteiger partial charge is 0.484 e. The van der Waals surface area contributed by atoms with Crippen LogP contribution in [-0.4, -0.2) is 49.0 Å². The van der Waals surface area contributed by atoms with Crippen LogP contribution >= 0.6 is 0 Å². The number of piperidine rings is 1. The Hall–Kier alpha value is -2.86. The van der Waals surface area contributed by atoms with Crippen LogP contribution in [0.4, 0.5) is 5.69 Å². The highest BCUT2D eigenvalue weighted by Gasteiger charge is 2.27. The van der Waals surface area contributed by atoms with Gasteiger partial charge in [-0.05, 0) is 48.6 Å². The summed E-state index contributed by atoms with van der Waals surface area (Å²) in [5, 5.41) is 3.14. The van der Waals surface area contributed by atoms with Gasteiger partial charge in [0.25, 0.3) is 5.91 Å². The molecule has 2 aliphatic heterocycles. The van der Waals surface area contributed by atoms with E-state index in [0.29, 0.717) is 18.1 Å². The van der Waals surface area contributed by atoms with Crippen molar-refractivity contribution in [3.63, 3.8) is 0 Å². The van der Waals surface area contributed by atoms with E-state index in [0.717, 1.165) is 44.7 Å². The lowest BCUT2D eigenvalue weighted by Gasteiger charge is -2.37. The molecule has 2 fully saturated rings. The minimum absolute atomic E-state index is 0.00105. The van der Waals surface area contributed by atoms with Crippen molar-refractivity contribution in [2.45, 2.75) is 38.8 Å². The summed E-state index contributed by atoms with van der Waals surface area (Å²) in [5.41, 5.74) is 2.21. The van der Waals surface area contributed by atoms with Crippen molar-refractivity contribution in [2.24, 2.45) is 5.92 Å². The molecule has 0 bridgehead atoms. The average Bonchev–Trinajstić information content (AvgIpc) is 3.21. The molecule has 0 spiro atoms. The Morgan fingerprint density at radius 3 is 2.55 bits per heavy atom. The van der Waals surface area contributed by atoms with E-state index in [9.17, 15) is 9.59 Å². The fraction of sp³-hybridized carbons (Fsp3) is 0.440. The molecule has 2 aliphatic rings.